The molecule has 0 bridgehead atoms. The molecule has 2 aromatic rings. The van der Waals surface area contributed by atoms with E-state index in [1.807, 2.05) is 0 Å². The van der Waals surface area contributed by atoms with Gasteiger partial charge in [0.1, 0.15) is 12.4 Å². The zero-order chi connectivity index (χ0) is 14.8. The third-order valence-electron chi connectivity index (χ3n) is 2.61. The van der Waals surface area contributed by atoms with Gasteiger partial charge in [0.25, 0.3) is 0 Å². The van der Waals surface area contributed by atoms with Gasteiger partial charge < -0.3 is 14.9 Å². The van der Waals surface area contributed by atoms with Crippen molar-refractivity contribution in [2.75, 3.05) is 0 Å². The van der Waals surface area contributed by atoms with Crippen molar-refractivity contribution in [3.05, 3.63) is 53.6 Å². The van der Waals surface area contributed by atoms with Crippen LogP contribution in [0.15, 0.2) is 42.5 Å². The van der Waals surface area contributed by atoms with Gasteiger partial charge in [-0.1, -0.05) is 12.1 Å². The summed E-state index contributed by atoms with van der Waals surface area (Å²) in [6.45, 7) is -0.0187. The summed E-state index contributed by atoms with van der Waals surface area (Å²) in [5, 5.41) is 18.4. The Labute approximate surface area is 112 Å². The lowest BCUT2D eigenvalue weighted by molar-refractivity contribution is -0.137. The van der Waals surface area contributed by atoms with Crippen LogP contribution in [0.1, 0.15) is 11.1 Å². The molecule has 2 aromatic carbocycles. The van der Waals surface area contributed by atoms with Crippen LogP contribution in [0.25, 0.3) is 0 Å². The molecule has 20 heavy (non-hydrogen) atoms. The molecule has 0 aromatic heterocycles. The third kappa shape index (κ3) is 3.34. The fraction of sp³-hybridized carbons (Fsp3) is 0.143. The molecule has 0 spiro atoms. The number of ether oxygens (including phenoxy) is 1. The van der Waals surface area contributed by atoms with Gasteiger partial charge in [-0.15, -0.1) is 0 Å². The Kier molecular flexibility index (Phi) is 3.74. The maximum absolute atomic E-state index is 12.5. The van der Waals surface area contributed by atoms with Gasteiger partial charge in [-0.25, -0.2) is 0 Å². The molecule has 0 aliphatic carbocycles. The van der Waals surface area contributed by atoms with E-state index in [1.165, 1.54) is 30.3 Å². The van der Waals surface area contributed by atoms with Crippen LogP contribution in [0, 0.1) is 0 Å². The van der Waals surface area contributed by atoms with Gasteiger partial charge in [-0.3, -0.25) is 0 Å². The van der Waals surface area contributed by atoms with E-state index >= 15 is 0 Å². The van der Waals surface area contributed by atoms with Gasteiger partial charge in [-0.2, -0.15) is 13.2 Å². The van der Waals surface area contributed by atoms with Crippen LogP contribution in [0.4, 0.5) is 13.2 Å². The molecule has 0 saturated heterocycles. The lowest BCUT2D eigenvalue weighted by Crippen LogP contribution is -2.05. The monoisotopic (exact) mass is 284 g/mol. The summed E-state index contributed by atoms with van der Waals surface area (Å²) in [4.78, 5) is 0. The average molecular weight is 284 g/mol. The Bertz CT molecular complexity index is 609. The van der Waals surface area contributed by atoms with Crippen molar-refractivity contribution in [1.29, 1.82) is 0 Å². The number of phenolic OH excluding ortho intramolecular Hbond substituents is 2. The van der Waals surface area contributed by atoms with E-state index in [2.05, 4.69) is 0 Å². The average Bonchev–Trinajstić information content (AvgIpc) is 2.39. The molecule has 106 valence electrons. The van der Waals surface area contributed by atoms with Crippen molar-refractivity contribution >= 4 is 0 Å². The van der Waals surface area contributed by atoms with Crippen molar-refractivity contribution in [2.24, 2.45) is 0 Å². The fourth-order valence-electron chi connectivity index (χ4n) is 1.59. The number of alkyl halides is 3. The molecule has 2 rings (SSSR count). The van der Waals surface area contributed by atoms with E-state index in [9.17, 15) is 18.3 Å². The predicted octanol–water partition coefficient (Wildman–Crippen LogP) is 3.70. The molecule has 0 unspecified atom stereocenters. The zero-order valence-electron chi connectivity index (χ0n) is 10.2. The molecule has 0 saturated carbocycles. The number of benzene rings is 2. The SMILES string of the molecule is Oc1ccc(COc2cccc(C(F)(F)F)c2)cc1O. The number of phenols is 2. The highest BCUT2D eigenvalue weighted by molar-refractivity contribution is 5.40. The highest BCUT2D eigenvalue weighted by Crippen LogP contribution is 2.31. The molecule has 0 aliphatic rings. The van der Waals surface area contributed by atoms with Gasteiger partial charge in [0, 0.05) is 0 Å². The van der Waals surface area contributed by atoms with E-state index in [0.29, 0.717) is 5.56 Å². The second kappa shape index (κ2) is 5.32. The van der Waals surface area contributed by atoms with Crippen LogP contribution in [0.3, 0.4) is 0 Å². The standard InChI is InChI=1S/C14H11F3O3/c15-14(16,17)10-2-1-3-11(7-10)20-8-9-4-5-12(18)13(19)6-9/h1-7,18-19H,8H2. The Balaban J connectivity index is 2.09. The van der Waals surface area contributed by atoms with Gasteiger partial charge in [0.15, 0.2) is 11.5 Å². The van der Waals surface area contributed by atoms with E-state index in [-0.39, 0.29) is 23.9 Å². The normalized spacial score (nSPS) is 11.3. The van der Waals surface area contributed by atoms with Crippen LogP contribution >= 0.6 is 0 Å². The molecule has 0 atom stereocenters. The maximum Gasteiger partial charge on any atom is 0.416 e. The number of hydrogen-bond donors (Lipinski definition) is 2. The predicted molar refractivity (Wildman–Crippen MR) is 65.5 cm³/mol. The number of aromatic hydroxyl groups is 2. The molecular formula is C14H11F3O3. The molecule has 0 radical (unpaired) electrons. The van der Waals surface area contributed by atoms with Crippen molar-refractivity contribution in [2.45, 2.75) is 12.8 Å². The molecule has 0 heterocycles. The van der Waals surface area contributed by atoms with E-state index in [0.717, 1.165) is 12.1 Å². The summed E-state index contributed by atoms with van der Waals surface area (Å²) in [6.07, 6.45) is -4.42. The summed E-state index contributed by atoms with van der Waals surface area (Å²) in [5.74, 6) is -0.504. The first-order chi connectivity index (χ1) is 9.36. The lowest BCUT2D eigenvalue weighted by atomic mass is 10.2. The number of halogens is 3. The topological polar surface area (TPSA) is 49.7 Å². The quantitative estimate of drug-likeness (QED) is 0.845. The first-order valence-corrected chi connectivity index (χ1v) is 5.67. The summed E-state index contributed by atoms with van der Waals surface area (Å²) in [6, 6.07) is 8.59. The lowest BCUT2D eigenvalue weighted by Gasteiger charge is -2.10. The van der Waals surface area contributed by atoms with Gasteiger partial charge in [0.2, 0.25) is 0 Å². The Morgan fingerprint density at radius 2 is 1.70 bits per heavy atom. The minimum absolute atomic E-state index is 0.0187. The highest BCUT2D eigenvalue weighted by Gasteiger charge is 2.30. The number of rotatable bonds is 3. The van der Waals surface area contributed by atoms with Crippen LogP contribution in [-0.2, 0) is 12.8 Å². The summed E-state index contributed by atoms with van der Waals surface area (Å²) in [5.41, 5.74) is -0.263. The van der Waals surface area contributed by atoms with E-state index < -0.39 is 11.7 Å². The maximum atomic E-state index is 12.5. The largest absolute Gasteiger partial charge is 0.504 e. The van der Waals surface area contributed by atoms with Gasteiger partial charge in [-0.05, 0) is 35.9 Å². The fourth-order valence-corrected chi connectivity index (χ4v) is 1.59. The zero-order valence-corrected chi connectivity index (χ0v) is 10.2. The minimum Gasteiger partial charge on any atom is -0.504 e. The second-order valence-electron chi connectivity index (χ2n) is 4.14. The van der Waals surface area contributed by atoms with Crippen molar-refractivity contribution in [3.63, 3.8) is 0 Å². The van der Waals surface area contributed by atoms with E-state index in [4.69, 9.17) is 9.84 Å². The van der Waals surface area contributed by atoms with Gasteiger partial charge in [0.05, 0.1) is 5.56 Å². The van der Waals surface area contributed by atoms with Crippen molar-refractivity contribution in [1.82, 2.24) is 0 Å². The molecular weight excluding hydrogens is 273 g/mol. The summed E-state index contributed by atoms with van der Waals surface area (Å²) < 4.78 is 42.8. The smallest absolute Gasteiger partial charge is 0.416 e. The summed E-state index contributed by atoms with van der Waals surface area (Å²) in [7, 11) is 0. The Hall–Kier alpha value is -2.37. The molecule has 0 fully saturated rings. The first-order valence-electron chi connectivity index (χ1n) is 5.67. The van der Waals surface area contributed by atoms with Gasteiger partial charge >= 0.3 is 6.18 Å². The molecule has 3 nitrogen and oxygen atoms in total. The third-order valence-corrected chi connectivity index (χ3v) is 2.61. The van der Waals surface area contributed by atoms with Crippen LogP contribution in [-0.4, -0.2) is 10.2 Å². The molecule has 0 aliphatic heterocycles. The molecule has 6 heteroatoms. The second-order valence-corrected chi connectivity index (χ2v) is 4.14. The summed E-state index contributed by atoms with van der Waals surface area (Å²) >= 11 is 0. The number of hydrogen-bond acceptors (Lipinski definition) is 3. The van der Waals surface area contributed by atoms with Crippen LogP contribution < -0.4 is 4.74 Å². The van der Waals surface area contributed by atoms with Crippen molar-refractivity contribution < 1.29 is 28.1 Å². The van der Waals surface area contributed by atoms with Crippen LogP contribution in [0.2, 0.25) is 0 Å². The van der Waals surface area contributed by atoms with E-state index in [1.54, 1.807) is 0 Å². The molecule has 2 N–H and O–H groups in total. The van der Waals surface area contributed by atoms with Crippen LogP contribution in [0.5, 0.6) is 17.2 Å². The molecule has 0 amide bonds. The minimum atomic E-state index is -4.42. The first kappa shape index (κ1) is 14.0. The highest BCUT2D eigenvalue weighted by atomic mass is 19.4. The Morgan fingerprint density at radius 1 is 0.950 bits per heavy atom. The van der Waals surface area contributed by atoms with Crippen molar-refractivity contribution in [3.8, 4) is 17.2 Å². The Morgan fingerprint density at radius 3 is 2.35 bits per heavy atom.